The highest BCUT2D eigenvalue weighted by atomic mass is 16.5. The maximum Gasteiger partial charge on any atom is 0.224 e. The highest BCUT2D eigenvalue weighted by Gasteiger charge is 2.44. The van der Waals surface area contributed by atoms with Crippen LogP contribution in [0.1, 0.15) is 44.0 Å². The van der Waals surface area contributed by atoms with Gasteiger partial charge in [0.1, 0.15) is 11.9 Å². The fraction of sp³-hybridized carbons (Fsp3) is 0.476. The topological polar surface area (TPSA) is 61.0 Å². The van der Waals surface area contributed by atoms with Crippen molar-refractivity contribution in [3.05, 3.63) is 54.1 Å². The Bertz CT molecular complexity index is 952. The minimum absolute atomic E-state index is 0.285. The third kappa shape index (κ3) is 2.81. The van der Waals surface area contributed by atoms with Crippen LogP contribution in [0.5, 0.6) is 0 Å². The third-order valence-corrected chi connectivity index (χ3v) is 5.89. The Balaban J connectivity index is 1.41. The first-order valence-corrected chi connectivity index (χ1v) is 10.1. The summed E-state index contributed by atoms with van der Waals surface area (Å²) in [7, 11) is 0. The highest BCUT2D eigenvalue weighted by Crippen LogP contribution is 2.41. The second-order valence-electron chi connectivity index (χ2n) is 7.96. The quantitative estimate of drug-likeness (QED) is 0.701. The SMILES string of the molecule is CC(C)n1ncnc1N1CCC2(CC1)OCCc1cn(-c3ccccc3)nc12. The molecule has 1 fully saturated rings. The number of anilines is 1. The molecule has 5 rings (SSSR count). The van der Waals surface area contributed by atoms with Gasteiger partial charge in [0.05, 0.1) is 24.0 Å². The molecule has 0 unspecified atom stereocenters. The van der Waals surface area contributed by atoms with E-state index in [1.807, 2.05) is 27.6 Å². The lowest BCUT2D eigenvalue weighted by Crippen LogP contribution is -2.47. The first kappa shape index (κ1) is 17.4. The van der Waals surface area contributed by atoms with Crippen molar-refractivity contribution in [2.24, 2.45) is 0 Å². The molecule has 1 aromatic carbocycles. The van der Waals surface area contributed by atoms with Crippen molar-refractivity contribution in [1.29, 1.82) is 0 Å². The normalized spacial score (nSPS) is 18.6. The number of hydrogen-bond donors (Lipinski definition) is 0. The fourth-order valence-electron chi connectivity index (χ4n) is 4.40. The zero-order chi connectivity index (χ0) is 19.1. The van der Waals surface area contributed by atoms with Crippen molar-refractivity contribution in [2.45, 2.75) is 44.8 Å². The number of para-hydroxylation sites is 1. The largest absolute Gasteiger partial charge is 0.368 e. The Morgan fingerprint density at radius 3 is 2.64 bits per heavy atom. The van der Waals surface area contributed by atoms with E-state index >= 15 is 0 Å². The molecule has 1 spiro atoms. The molecule has 7 nitrogen and oxygen atoms in total. The smallest absolute Gasteiger partial charge is 0.224 e. The number of aromatic nitrogens is 5. The van der Waals surface area contributed by atoms with Gasteiger partial charge in [0, 0.05) is 19.3 Å². The van der Waals surface area contributed by atoms with Crippen LogP contribution in [0.3, 0.4) is 0 Å². The van der Waals surface area contributed by atoms with Gasteiger partial charge < -0.3 is 9.64 Å². The van der Waals surface area contributed by atoms with Crippen molar-refractivity contribution in [1.82, 2.24) is 24.5 Å². The molecule has 28 heavy (non-hydrogen) atoms. The van der Waals surface area contributed by atoms with Crippen LogP contribution < -0.4 is 4.90 Å². The van der Waals surface area contributed by atoms with E-state index in [-0.39, 0.29) is 5.60 Å². The molecule has 0 aliphatic carbocycles. The molecule has 0 radical (unpaired) electrons. The van der Waals surface area contributed by atoms with Crippen LogP contribution in [-0.4, -0.2) is 44.2 Å². The number of piperidine rings is 1. The fourth-order valence-corrected chi connectivity index (χ4v) is 4.40. The summed E-state index contributed by atoms with van der Waals surface area (Å²) in [5.41, 5.74) is 3.24. The lowest BCUT2D eigenvalue weighted by molar-refractivity contribution is -0.0798. The summed E-state index contributed by atoms with van der Waals surface area (Å²) in [6.07, 6.45) is 6.58. The third-order valence-electron chi connectivity index (χ3n) is 5.89. The van der Waals surface area contributed by atoms with Crippen molar-refractivity contribution in [3.8, 4) is 5.69 Å². The average molecular weight is 378 g/mol. The number of fused-ring (bicyclic) bond motifs is 2. The van der Waals surface area contributed by atoms with E-state index in [0.29, 0.717) is 6.04 Å². The molecule has 146 valence electrons. The first-order chi connectivity index (χ1) is 13.7. The Kier molecular flexibility index (Phi) is 4.19. The minimum atomic E-state index is -0.285. The van der Waals surface area contributed by atoms with E-state index in [0.717, 1.165) is 56.3 Å². The van der Waals surface area contributed by atoms with Gasteiger partial charge in [-0.3, -0.25) is 0 Å². The van der Waals surface area contributed by atoms with E-state index in [1.165, 1.54) is 5.56 Å². The average Bonchev–Trinajstić information content (AvgIpc) is 3.38. The van der Waals surface area contributed by atoms with Gasteiger partial charge in [-0.2, -0.15) is 15.2 Å². The maximum atomic E-state index is 6.38. The Hall–Kier alpha value is -2.67. The van der Waals surface area contributed by atoms with Crippen molar-refractivity contribution >= 4 is 5.95 Å². The minimum Gasteiger partial charge on any atom is -0.368 e. The number of nitrogens with zero attached hydrogens (tertiary/aromatic N) is 6. The molecule has 2 aromatic heterocycles. The maximum absolute atomic E-state index is 6.38. The van der Waals surface area contributed by atoms with Crippen LogP contribution in [0.15, 0.2) is 42.9 Å². The monoisotopic (exact) mass is 378 g/mol. The second kappa shape index (κ2) is 6.74. The van der Waals surface area contributed by atoms with Gasteiger partial charge in [-0.05, 0) is 50.8 Å². The standard InChI is InChI=1S/C21H26N6O/c1-16(2)27-20(22-15-23-27)25-11-9-21(10-12-25)19-17(8-13-28-21)14-26(24-19)18-6-4-3-5-7-18/h3-7,14-16H,8-13H2,1-2H3. The van der Waals surface area contributed by atoms with Crippen LogP contribution >= 0.6 is 0 Å². The Labute approximate surface area is 164 Å². The summed E-state index contributed by atoms with van der Waals surface area (Å²) >= 11 is 0. The molecule has 4 heterocycles. The second-order valence-corrected chi connectivity index (χ2v) is 7.96. The lowest BCUT2D eigenvalue weighted by Gasteiger charge is -2.43. The molecule has 0 saturated carbocycles. The molecule has 0 N–H and O–H groups in total. The first-order valence-electron chi connectivity index (χ1n) is 10.1. The lowest BCUT2D eigenvalue weighted by atomic mass is 9.84. The molecular formula is C21H26N6O. The number of ether oxygens (including phenoxy) is 1. The molecule has 7 heteroatoms. The summed E-state index contributed by atoms with van der Waals surface area (Å²) in [6.45, 7) is 6.81. The number of rotatable bonds is 3. The predicted molar refractivity (Wildman–Crippen MR) is 107 cm³/mol. The van der Waals surface area contributed by atoms with Crippen LogP contribution in [-0.2, 0) is 16.8 Å². The Morgan fingerprint density at radius 1 is 1.11 bits per heavy atom. The molecule has 1 saturated heterocycles. The zero-order valence-corrected chi connectivity index (χ0v) is 16.5. The van der Waals surface area contributed by atoms with Gasteiger partial charge in [-0.15, -0.1) is 0 Å². The summed E-state index contributed by atoms with van der Waals surface area (Å²) in [5.74, 6) is 0.954. The van der Waals surface area contributed by atoms with Crippen molar-refractivity contribution < 1.29 is 4.74 Å². The van der Waals surface area contributed by atoms with Gasteiger partial charge in [0.2, 0.25) is 5.95 Å². The summed E-state index contributed by atoms with van der Waals surface area (Å²) in [5, 5.41) is 9.36. The number of benzene rings is 1. The number of hydrogen-bond acceptors (Lipinski definition) is 5. The Morgan fingerprint density at radius 2 is 1.89 bits per heavy atom. The predicted octanol–water partition coefficient (Wildman–Crippen LogP) is 3.11. The summed E-state index contributed by atoms with van der Waals surface area (Å²) < 4.78 is 10.4. The van der Waals surface area contributed by atoms with Crippen LogP contribution in [0.2, 0.25) is 0 Å². The van der Waals surface area contributed by atoms with Crippen LogP contribution in [0.4, 0.5) is 5.95 Å². The van der Waals surface area contributed by atoms with Gasteiger partial charge in [0.25, 0.3) is 0 Å². The highest BCUT2D eigenvalue weighted by molar-refractivity contribution is 5.37. The molecule has 0 amide bonds. The van der Waals surface area contributed by atoms with Crippen LogP contribution in [0.25, 0.3) is 5.69 Å². The van der Waals surface area contributed by atoms with E-state index in [2.05, 4.69) is 47.2 Å². The molecule has 0 atom stereocenters. The van der Waals surface area contributed by atoms with Gasteiger partial charge in [0.15, 0.2) is 0 Å². The van der Waals surface area contributed by atoms with Crippen LogP contribution in [0, 0.1) is 0 Å². The summed E-state index contributed by atoms with van der Waals surface area (Å²) in [4.78, 5) is 6.82. The van der Waals surface area contributed by atoms with E-state index < -0.39 is 0 Å². The van der Waals surface area contributed by atoms with Gasteiger partial charge in [-0.1, -0.05) is 18.2 Å². The van der Waals surface area contributed by atoms with E-state index in [9.17, 15) is 0 Å². The van der Waals surface area contributed by atoms with E-state index in [1.54, 1.807) is 6.33 Å². The summed E-state index contributed by atoms with van der Waals surface area (Å²) in [6, 6.07) is 10.6. The molecule has 0 bridgehead atoms. The van der Waals surface area contributed by atoms with Gasteiger partial charge in [-0.25, -0.2) is 9.36 Å². The van der Waals surface area contributed by atoms with Crippen molar-refractivity contribution in [2.75, 3.05) is 24.6 Å². The van der Waals surface area contributed by atoms with E-state index in [4.69, 9.17) is 9.84 Å². The van der Waals surface area contributed by atoms with Gasteiger partial charge >= 0.3 is 0 Å². The zero-order valence-electron chi connectivity index (χ0n) is 16.5. The molecule has 2 aliphatic rings. The molecule has 3 aromatic rings. The molecular weight excluding hydrogens is 352 g/mol. The van der Waals surface area contributed by atoms with Crippen molar-refractivity contribution in [3.63, 3.8) is 0 Å². The molecule has 2 aliphatic heterocycles.